The second-order valence-electron chi connectivity index (χ2n) is 6.25. The Balaban J connectivity index is 2.26. The van der Waals surface area contributed by atoms with E-state index in [-0.39, 0.29) is 0 Å². The Kier molecular flexibility index (Phi) is 4.69. The van der Waals surface area contributed by atoms with Gasteiger partial charge in [-0.2, -0.15) is 0 Å². The molecule has 0 aromatic heterocycles. The number of hydrogen-bond acceptors (Lipinski definition) is 2. The number of hydrogen-bond donors (Lipinski definition) is 2. The van der Waals surface area contributed by atoms with Gasteiger partial charge in [0.15, 0.2) is 0 Å². The van der Waals surface area contributed by atoms with Gasteiger partial charge in [-0.3, -0.25) is 0 Å². The molecule has 0 radical (unpaired) electrons. The van der Waals surface area contributed by atoms with Crippen molar-refractivity contribution in [1.82, 2.24) is 0 Å². The minimum absolute atomic E-state index is 0.387. The van der Waals surface area contributed by atoms with Crippen molar-refractivity contribution in [2.24, 2.45) is 11.8 Å². The fourth-order valence-electron chi connectivity index (χ4n) is 3.36. The first-order valence-electron chi connectivity index (χ1n) is 7.60. The zero-order chi connectivity index (χ0) is 14.7. The summed E-state index contributed by atoms with van der Waals surface area (Å²) in [7, 11) is 0. The van der Waals surface area contributed by atoms with Crippen LogP contribution in [0.1, 0.15) is 55.5 Å². The summed E-state index contributed by atoms with van der Waals surface area (Å²) in [6.07, 6.45) is 4.90. The molecule has 0 amide bonds. The summed E-state index contributed by atoms with van der Waals surface area (Å²) in [6, 6.07) is 5.86. The fraction of sp³-hybridized carbons (Fsp3) is 0.588. The lowest BCUT2D eigenvalue weighted by Crippen LogP contribution is -2.36. The molecule has 0 spiro atoms. The average molecular weight is 275 g/mol. The molecule has 0 bridgehead atoms. The summed E-state index contributed by atoms with van der Waals surface area (Å²) in [5.41, 5.74) is 2.20. The van der Waals surface area contributed by atoms with Crippen LogP contribution in [0, 0.1) is 18.8 Å². The van der Waals surface area contributed by atoms with Gasteiger partial charge in [-0.15, -0.1) is 0 Å². The molecule has 0 heterocycles. The molecule has 2 N–H and O–H groups in total. The van der Waals surface area contributed by atoms with E-state index in [4.69, 9.17) is 0 Å². The molecule has 0 saturated heterocycles. The van der Waals surface area contributed by atoms with E-state index in [0.717, 1.165) is 17.7 Å². The largest absolute Gasteiger partial charge is 0.478 e. The Hall–Kier alpha value is -1.51. The monoisotopic (exact) mass is 275 g/mol. The Bertz CT molecular complexity index is 482. The van der Waals surface area contributed by atoms with Crippen molar-refractivity contribution in [3.8, 4) is 0 Å². The van der Waals surface area contributed by atoms with Crippen LogP contribution in [0.3, 0.4) is 0 Å². The first kappa shape index (κ1) is 14.9. The van der Waals surface area contributed by atoms with E-state index in [9.17, 15) is 9.90 Å². The maximum Gasteiger partial charge on any atom is 0.337 e. The highest BCUT2D eigenvalue weighted by molar-refractivity contribution is 5.95. The molecule has 2 atom stereocenters. The molecule has 2 unspecified atom stereocenters. The molecule has 1 aromatic rings. The number of aromatic carboxylic acids is 1. The van der Waals surface area contributed by atoms with Gasteiger partial charge in [-0.05, 0) is 43.2 Å². The lowest BCUT2D eigenvalue weighted by Gasteiger charge is -2.36. The number of para-hydroxylation sites is 1. The summed E-state index contributed by atoms with van der Waals surface area (Å²) in [4.78, 5) is 11.4. The van der Waals surface area contributed by atoms with Gasteiger partial charge in [0.1, 0.15) is 0 Å². The van der Waals surface area contributed by atoms with Crippen molar-refractivity contribution in [2.75, 3.05) is 5.32 Å². The zero-order valence-corrected chi connectivity index (χ0v) is 12.6. The van der Waals surface area contributed by atoms with Crippen molar-refractivity contribution in [3.05, 3.63) is 29.3 Å². The number of rotatable bonds is 4. The Morgan fingerprint density at radius 1 is 1.30 bits per heavy atom. The predicted octanol–water partition coefficient (Wildman–Crippen LogP) is 4.32. The molecule has 3 nitrogen and oxygen atoms in total. The minimum Gasteiger partial charge on any atom is -0.478 e. The van der Waals surface area contributed by atoms with Gasteiger partial charge in [0, 0.05) is 6.04 Å². The van der Waals surface area contributed by atoms with E-state index in [1.807, 2.05) is 19.1 Å². The zero-order valence-electron chi connectivity index (χ0n) is 12.6. The van der Waals surface area contributed by atoms with Gasteiger partial charge in [-0.25, -0.2) is 4.79 Å². The molecule has 1 aliphatic carbocycles. The standard InChI is InChI=1S/C17H25NO2/c1-11(2)13-8-4-5-10-15(13)18-16-12(3)7-6-9-14(16)17(19)20/h6-7,9,11,13,15,18H,4-5,8,10H2,1-3H3,(H,19,20). The maximum atomic E-state index is 11.4. The number of anilines is 1. The fourth-order valence-corrected chi connectivity index (χ4v) is 3.36. The topological polar surface area (TPSA) is 49.3 Å². The highest BCUT2D eigenvalue weighted by Crippen LogP contribution is 2.33. The molecule has 2 rings (SSSR count). The molecular weight excluding hydrogens is 250 g/mol. The van der Waals surface area contributed by atoms with Crippen molar-refractivity contribution in [3.63, 3.8) is 0 Å². The van der Waals surface area contributed by atoms with Gasteiger partial charge in [-0.1, -0.05) is 38.8 Å². The number of carbonyl (C=O) groups is 1. The van der Waals surface area contributed by atoms with Gasteiger partial charge >= 0.3 is 5.97 Å². The van der Waals surface area contributed by atoms with Crippen molar-refractivity contribution in [2.45, 2.75) is 52.5 Å². The number of aryl methyl sites for hydroxylation is 1. The Labute approximate surface area is 121 Å². The Morgan fingerprint density at radius 2 is 2.00 bits per heavy atom. The van der Waals surface area contributed by atoms with Crippen LogP contribution in [0.5, 0.6) is 0 Å². The molecule has 110 valence electrons. The summed E-state index contributed by atoms with van der Waals surface area (Å²) >= 11 is 0. The van der Waals surface area contributed by atoms with Crippen LogP contribution in [-0.4, -0.2) is 17.1 Å². The Morgan fingerprint density at radius 3 is 2.65 bits per heavy atom. The van der Waals surface area contributed by atoms with Gasteiger partial charge < -0.3 is 10.4 Å². The first-order chi connectivity index (χ1) is 9.50. The van der Waals surface area contributed by atoms with Crippen LogP contribution in [0.25, 0.3) is 0 Å². The number of nitrogens with one attached hydrogen (secondary N) is 1. The van der Waals surface area contributed by atoms with E-state index >= 15 is 0 Å². The third-order valence-electron chi connectivity index (χ3n) is 4.51. The summed E-state index contributed by atoms with van der Waals surface area (Å²) in [5.74, 6) is 0.406. The van der Waals surface area contributed by atoms with Gasteiger partial charge in [0.2, 0.25) is 0 Å². The summed E-state index contributed by atoms with van der Waals surface area (Å²) in [5, 5.41) is 12.9. The predicted molar refractivity (Wildman–Crippen MR) is 82.3 cm³/mol. The van der Waals surface area contributed by atoms with E-state index in [0.29, 0.717) is 23.4 Å². The minimum atomic E-state index is -0.854. The van der Waals surface area contributed by atoms with Gasteiger partial charge in [0.05, 0.1) is 11.3 Å². The highest BCUT2D eigenvalue weighted by Gasteiger charge is 2.28. The normalized spacial score (nSPS) is 22.8. The van der Waals surface area contributed by atoms with E-state index in [2.05, 4.69) is 19.2 Å². The van der Waals surface area contributed by atoms with Crippen LogP contribution in [-0.2, 0) is 0 Å². The second kappa shape index (κ2) is 6.29. The van der Waals surface area contributed by atoms with Crippen LogP contribution >= 0.6 is 0 Å². The number of carboxylic acid groups (broad SMARTS) is 1. The number of carboxylic acids is 1. The van der Waals surface area contributed by atoms with Crippen LogP contribution in [0.4, 0.5) is 5.69 Å². The summed E-state index contributed by atoms with van der Waals surface area (Å²) in [6.45, 7) is 6.50. The molecule has 1 saturated carbocycles. The average Bonchev–Trinajstić information content (AvgIpc) is 2.41. The molecule has 1 fully saturated rings. The third kappa shape index (κ3) is 3.14. The van der Waals surface area contributed by atoms with Crippen molar-refractivity contribution in [1.29, 1.82) is 0 Å². The van der Waals surface area contributed by atoms with Crippen LogP contribution in [0.15, 0.2) is 18.2 Å². The van der Waals surface area contributed by atoms with Crippen molar-refractivity contribution >= 4 is 11.7 Å². The molecule has 3 heteroatoms. The van der Waals surface area contributed by atoms with E-state index in [1.54, 1.807) is 6.07 Å². The van der Waals surface area contributed by atoms with Crippen LogP contribution in [0.2, 0.25) is 0 Å². The lowest BCUT2D eigenvalue weighted by molar-refractivity contribution is 0.0697. The molecule has 1 aromatic carbocycles. The molecule has 1 aliphatic rings. The second-order valence-corrected chi connectivity index (χ2v) is 6.25. The van der Waals surface area contributed by atoms with Gasteiger partial charge in [0.25, 0.3) is 0 Å². The molecular formula is C17H25NO2. The molecule has 20 heavy (non-hydrogen) atoms. The lowest BCUT2D eigenvalue weighted by atomic mass is 9.77. The molecule has 0 aliphatic heterocycles. The smallest absolute Gasteiger partial charge is 0.337 e. The van der Waals surface area contributed by atoms with E-state index in [1.165, 1.54) is 19.3 Å². The quantitative estimate of drug-likeness (QED) is 0.860. The summed E-state index contributed by atoms with van der Waals surface area (Å²) < 4.78 is 0. The van der Waals surface area contributed by atoms with Crippen LogP contribution < -0.4 is 5.32 Å². The SMILES string of the molecule is Cc1cccc(C(=O)O)c1NC1CCCCC1C(C)C. The van der Waals surface area contributed by atoms with Crippen molar-refractivity contribution < 1.29 is 9.90 Å². The third-order valence-corrected chi connectivity index (χ3v) is 4.51. The maximum absolute atomic E-state index is 11.4. The van der Waals surface area contributed by atoms with E-state index < -0.39 is 5.97 Å². The number of benzene rings is 1. The first-order valence-corrected chi connectivity index (χ1v) is 7.60. The highest BCUT2D eigenvalue weighted by atomic mass is 16.4.